The molecule has 0 saturated carbocycles. The van der Waals surface area contributed by atoms with Gasteiger partial charge in [0.2, 0.25) is 5.16 Å². The highest BCUT2D eigenvalue weighted by Gasteiger charge is 2.09. The number of nitro benzene ring substituents is 1. The van der Waals surface area contributed by atoms with Gasteiger partial charge in [-0.3, -0.25) is 10.1 Å². The highest BCUT2D eigenvalue weighted by atomic mass is 32.2. The highest BCUT2D eigenvalue weighted by molar-refractivity contribution is 7.98. The molecule has 0 unspecified atom stereocenters. The Labute approximate surface area is 120 Å². The minimum Gasteiger partial charge on any atom is -0.258 e. The van der Waals surface area contributed by atoms with Gasteiger partial charge in [-0.15, -0.1) is 5.10 Å². The lowest BCUT2D eigenvalue weighted by molar-refractivity contribution is -0.384. The number of tetrazole rings is 1. The molecule has 0 amide bonds. The van der Waals surface area contributed by atoms with Crippen molar-refractivity contribution in [3.63, 3.8) is 0 Å². The summed E-state index contributed by atoms with van der Waals surface area (Å²) in [5, 5.41) is 23.0. The van der Waals surface area contributed by atoms with E-state index in [1.165, 1.54) is 23.9 Å². The average molecular weight is 293 g/mol. The van der Waals surface area contributed by atoms with Crippen molar-refractivity contribution in [3.05, 3.63) is 39.9 Å². The molecule has 0 saturated heterocycles. The van der Waals surface area contributed by atoms with Gasteiger partial charge in [-0.25, -0.2) is 4.68 Å². The first-order valence-corrected chi connectivity index (χ1v) is 7.17. The van der Waals surface area contributed by atoms with Crippen molar-refractivity contribution in [1.29, 1.82) is 0 Å². The molecule has 0 bridgehead atoms. The molecule has 7 nitrogen and oxygen atoms in total. The van der Waals surface area contributed by atoms with Crippen LogP contribution in [0.1, 0.15) is 19.4 Å². The van der Waals surface area contributed by atoms with E-state index in [1.54, 1.807) is 16.8 Å². The van der Waals surface area contributed by atoms with Crippen LogP contribution in [0, 0.1) is 16.0 Å². The fourth-order valence-electron chi connectivity index (χ4n) is 1.62. The molecule has 106 valence electrons. The van der Waals surface area contributed by atoms with Crippen molar-refractivity contribution in [2.45, 2.75) is 31.3 Å². The Bertz CT molecular complexity index is 582. The molecule has 1 aromatic heterocycles. The Kier molecular flexibility index (Phi) is 4.67. The van der Waals surface area contributed by atoms with Crippen LogP contribution < -0.4 is 0 Å². The predicted molar refractivity (Wildman–Crippen MR) is 75.3 cm³/mol. The normalized spacial score (nSPS) is 10.9. The van der Waals surface area contributed by atoms with Crippen molar-refractivity contribution in [2.24, 2.45) is 5.92 Å². The van der Waals surface area contributed by atoms with Crippen molar-refractivity contribution < 1.29 is 4.92 Å². The first kappa shape index (κ1) is 14.4. The first-order chi connectivity index (χ1) is 9.56. The Morgan fingerprint density at radius 3 is 2.65 bits per heavy atom. The van der Waals surface area contributed by atoms with Gasteiger partial charge >= 0.3 is 0 Å². The summed E-state index contributed by atoms with van der Waals surface area (Å²) in [7, 11) is 0. The molecule has 0 aliphatic carbocycles. The summed E-state index contributed by atoms with van der Waals surface area (Å²) in [5.41, 5.74) is 1.10. The monoisotopic (exact) mass is 293 g/mol. The summed E-state index contributed by atoms with van der Waals surface area (Å²) in [5.74, 6) is 1.15. The van der Waals surface area contributed by atoms with Gasteiger partial charge in [-0.2, -0.15) is 0 Å². The minimum absolute atomic E-state index is 0.100. The predicted octanol–water partition coefficient (Wildman–Crippen LogP) is 2.53. The van der Waals surface area contributed by atoms with Gasteiger partial charge in [0, 0.05) is 24.4 Å². The maximum absolute atomic E-state index is 10.6. The Morgan fingerprint density at radius 1 is 1.35 bits per heavy atom. The number of thioether (sulfide) groups is 1. The van der Waals surface area contributed by atoms with Gasteiger partial charge < -0.3 is 0 Å². The minimum atomic E-state index is -0.403. The van der Waals surface area contributed by atoms with Crippen LogP contribution in [0.5, 0.6) is 0 Å². The zero-order valence-corrected chi connectivity index (χ0v) is 12.1. The zero-order chi connectivity index (χ0) is 14.5. The quantitative estimate of drug-likeness (QED) is 0.462. The molecule has 0 aliphatic rings. The second-order valence-corrected chi connectivity index (χ2v) is 5.69. The van der Waals surface area contributed by atoms with E-state index in [0.29, 0.717) is 11.7 Å². The number of nitro groups is 1. The van der Waals surface area contributed by atoms with E-state index in [2.05, 4.69) is 29.4 Å². The van der Waals surface area contributed by atoms with Crippen LogP contribution in [0.15, 0.2) is 29.4 Å². The van der Waals surface area contributed by atoms with Crippen LogP contribution in [0.2, 0.25) is 0 Å². The number of non-ortho nitro benzene ring substituents is 1. The molecule has 0 fully saturated rings. The summed E-state index contributed by atoms with van der Waals surface area (Å²) in [4.78, 5) is 10.2. The molecule has 0 atom stereocenters. The van der Waals surface area contributed by atoms with Gasteiger partial charge in [0.25, 0.3) is 5.69 Å². The van der Waals surface area contributed by atoms with Gasteiger partial charge in [-0.05, 0) is 21.9 Å². The molecular formula is C12H15N5O2S. The van der Waals surface area contributed by atoms with E-state index in [4.69, 9.17) is 0 Å². The molecular weight excluding hydrogens is 278 g/mol. The highest BCUT2D eigenvalue weighted by Crippen LogP contribution is 2.22. The fraction of sp³-hybridized carbons (Fsp3) is 0.417. The number of hydrogen-bond acceptors (Lipinski definition) is 6. The molecule has 0 spiro atoms. The fourth-order valence-corrected chi connectivity index (χ4v) is 2.46. The SMILES string of the molecule is CC(C)Cn1nnnc1SCc1ccc([N+](=O)[O-])cc1. The molecule has 20 heavy (non-hydrogen) atoms. The third kappa shape index (κ3) is 3.77. The second kappa shape index (κ2) is 6.47. The molecule has 0 N–H and O–H groups in total. The Balaban J connectivity index is 1.98. The third-order valence-electron chi connectivity index (χ3n) is 2.55. The van der Waals surface area contributed by atoms with Gasteiger partial charge in [0.15, 0.2) is 0 Å². The van der Waals surface area contributed by atoms with E-state index in [0.717, 1.165) is 17.3 Å². The van der Waals surface area contributed by atoms with Crippen molar-refractivity contribution in [3.8, 4) is 0 Å². The summed E-state index contributed by atoms with van der Waals surface area (Å²) >= 11 is 1.52. The third-order valence-corrected chi connectivity index (χ3v) is 3.58. The maximum Gasteiger partial charge on any atom is 0.269 e. The smallest absolute Gasteiger partial charge is 0.258 e. The van der Waals surface area contributed by atoms with Crippen LogP contribution in [0.3, 0.4) is 0 Å². The summed E-state index contributed by atoms with van der Waals surface area (Å²) in [6.07, 6.45) is 0. The lowest BCUT2D eigenvalue weighted by Crippen LogP contribution is -2.07. The van der Waals surface area contributed by atoms with Crippen LogP contribution >= 0.6 is 11.8 Å². The second-order valence-electron chi connectivity index (χ2n) is 4.75. The molecule has 0 aliphatic heterocycles. The van der Waals surface area contributed by atoms with E-state index >= 15 is 0 Å². The van der Waals surface area contributed by atoms with Crippen LogP contribution in [0.25, 0.3) is 0 Å². The zero-order valence-electron chi connectivity index (χ0n) is 11.3. The molecule has 2 rings (SSSR count). The lowest BCUT2D eigenvalue weighted by Gasteiger charge is -2.06. The Hall–Kier alpha value is -1.96. The number of benzene rings is 1. The van der Waals surface area contributed by atoms with E-state index in [9.17, 15) is 10.1 Å². The number of aromatic nitrogens is 4. The standard InChI is InChI=1S/C12H15N5O2S/c1-9(2)7-16-12(13-14-15-16)20-8-10-3-5-11(6-4-10)17(18)19/h3-6,9H,7-8H2,1-2H3. The molecule has 8 heteroatoms. The largest absolute Gasteiger partial charge is 0.269 e. The summed E-state index contributed by atoms with van der Waals surface area (Å²) < 4.78 is 1.78. The van der Waals surface area contributed by atoms with E-state index < -0.39 is 4.92 Å². The van der Waals surface area contributed by atoms with E-state index in [1.807, 2.05) is 0 Å². The average Bonchev–Trinajstić information content (AvgIpc) is 2.83. The molecule has 0 radical (unpaired) electrons. The Morgan fingerprint density at radius 2 is 2.05 bits per heavy atom. The van der Waals surface area contributed by atoms with Crippen molar-refractivity contribution in [2.75, 3.05) is 0 Å². The lowest BCUT2D eigenvalue weighted by atomic mass is 10.2. The maximum atomic E-state index is 10.6. The number of rotatable bonds is 6. The van der Waals surface area contributed by atoms with Crippen molar-refractivity contribution in [1.82, 2.24) is 20.2 Å². The van der Waals surface area contributed by atoms with Gasteiger partial charge in [0.05, 0.1) is 4.92 Å². The topological polar surface area (TPSA) is 86.7 Å². The van der Waals surface area contributed by atoms with Gasteiger partial charge in [-0.1, -0.05) is 37.7 Å². The van der Waals surface area contributed by atoms with Crippen molar-refractivity contribution >= 4 is 17.4 Å². The number of nitrogens with zero attached hydrogens (tertiary/aromatic N) is 5. The van der Waals surface area contributed by atoms with E-state index in [-0.39, 0.29) is 5.69 Å². The van der Waals surface area contributed by atoms with Crippen LogP contribution in [-0.4, -0.2) is 25.1 Å². The molecule has 1 aromatic carbocycles. The molecule has 1 heterocycles. The summed E-state index contributed by atoms with van der Waals surface area (Å²) in [6, 6.07) is 6.52. The van der Waals surface area contributed by atoms with Crippen LogP contribution in [0.4, 0.5) is 5.69 Å². The molecule has 2 aromatic rings. The summed E-state index contributed by atoms with van der Waals surface area (Å²) in [6.45, 7) is 4.98. The van der Waals surface area contributed by atoms with Crippen LogP contribution in [-0.2, 0) is 12.3 Å². The number of hydrogen-bond donors (Lipinski definition) is 0. The van der Waals surface area contributed by atoms with Gasteiger partial charge in [0.1, 0.15) is 0 Å². The first-order valence-electron chi connectivity index (χ1n) is 6.18.